The molecule has 1 N–H and O–H groups in total. The highest BCUT2D eigenvalue weighted by molar-refractivity contribution is 14.1. The van der Waals surface area contributed by atoms with Crippen LogP contribution in [0.4, 0.5) is 10.5 Å². The standard InChI is InChI=1S/C24H23IN2O7/c1-4-10-34-20-18(25)12-14(13-19(20)32-3)11-17-21(28)26-24(31)27(22(17)29)16-8-6-15(7-9-16)23(30)33-5-2/h6-9,11-13H,4-5,10H2,1-3H3,(H,26,28,31)/b17-11+. The fourth-order valence-electron chi connectivity index (χ4n) is 3.19. The first-order valence-corrected chi connectivity index (χ1v) is 11.6. The number of nitrogens with zero attached hydrogens (tertiary/aromatic N) is 1. The molecule has 1 saturated heterocycles. The predicted octanol–water partition coefficient (Wildman–Crippen LogP) is 3.93. The van der Waals surface area contributed by atoms with E-state index in [9.17, 15) is 19.2 Å². The van der Waals surface area contributed by atoms with Gasteiger partial charge in [-0.1, -0.05) is 6.92 Å². The van der Waals surface area contributed by atoms with E-state index < -0.39 is 23.8 Å². The van der Waals surface area contributed by atoms with Crippen LogP contribution in [0.3, 0.4) is 0 Å². The van der Waals surface area contributed by atoms with E-state index in [2.05, 4.69) is 27.9 Å². The third kappa shape index (κ3) is 5.38. The van der Waals surface area contributed by atoms with Gasteiger partial charge in [0, 0.05) is 0 Å². The molecule has 10 heteroatoms. The van der Waals surface area contributed by atoms with E-state index >= 15 is 0 Å². The molecule has 2 aromatic rings. The fourth-order valence-corrected chi connectivity index (χ4v) is 3.97. The van der Waals surface area contributed by atoms with Crippen LogP contribution in [0, 0.1) is 3.57 Å². The average molecular weight is 578 g/mol. The number of methoxy groups -OCH3 is 1. The number of amides is 4. The highest BCUT2D eigenvalue weighted by atomic mass is 127. The van der Waals surface area contributed by atoms with Gasteiger partial charge in [0.1, 0.15) is 5.57 Å². The summed E-state index contributed by atoms with van der Waals surface area (Å²) in [5, 5.41) is 2.18. The van der Waals surface area contributed by atoms with Gasteiger partial charge in [-0.15, -0.1) is 0 Å². The molecule has 1 aliphatic heterocycles. The number of hydrogen-bond acceptors (Lipinski definition) is 7. The van der Waals surface area contributed by atoms with Crippen molar-refractivity contribution in [2.24, 2.45) is 0 Å². The van der Waals surface area contributed by atoms with Crippen LogP contribution < -0.4 is 19.7 Å². The Morgan fingerprint density at radius 2 is 1.82 bits per heavy atom. The number of halogens is 1. The van der Waals surface area contributed by atoms with Gasteiger partial charge in [0.2, 0.25) is 0 Å². The summed E-state index contributed by atoms with van der Waals surface area (Å²) in [5.74, 6) is -1.09. The number of urea groups is 1. The Bertz CT molecular complexity index is 1160. The van der Waals surface area contributed by atoms with Crippen LogP contribution in [-0.4, -0.2) is 44.1 Å². The van der Waals surface area contributed by atoms with Gasteiger partial charge in [-0.25, -0.2) is 14.5 Å². The minimum absolute atomic E-state index is 0.199. The third-order valence-corrected chi connectivity index (χ3v) is 5.55. The van der Waals surface area contributed by atoms with E-state index in [-0.39, 0.29) is 23.4 Å². The van der Waals surface area contributed by atoms with Gasteiger partial charge in [-0.3, -0.25) is 14.9 Å². The monoisotopic (exact) mass is 578 g/mol. The molecule has 34 heavy (non-hydrogen) atoms. The Labute approximate surface area is 210 Å². The second kappa shape index (κ2) is 11.1. The van der Waals surface area contributed by atoms with Crippen LogP contribution in [0.5, 0.6) is 11.5 Å². The lowest BCUT2D eigenvalue weighted by Crippen LogP contribution is -2.54. The summed E-state index contributed by atoms with van der Waals surface area (Å²) >= 11 is 2.09. The quantitative estimate of drug-likeness (QED) is 0.219. The Hall–Kier alpha value is -3.41. The molecule has 3 rings (SSSR count). The molecule has 1 fully saturated rings. The number of carbonyl (C=O) groups excluding carboxylic acids is 4. The van der Waals surface area contributed by atoms with Crippen LogP contribution in [0.1, 0.15) is 36.2 Å². The predicted molar refractivity (Wildman–Crippen MR) is 133 cm³/mol. The molecule has 0 aromatic heterocycles. The van der Waals surface area contributed by atoms with E-state index in [0.29, 0.717) is 23.7 Å². The maximum absolute atomic E-state index is 13.1. The second-order valence-corrected chi connectivity index (χ2v) is 8.27. The number of barbiturate groups is 1. The van der Waals surface area contributed by atoms with Crippen molar-refractivity contribution in [1.82, 2.24) is 5.32 Å². The van der Waals surface area contributed by atoms with Crippen LogP contribution in [0.25, 0.3) is 6.08 Å². The van der Waals surface area contributed by atoms with E-state index in [1.54, 1.807) is 19.1 Å². The number of nitrogens with one attached hydrogen (secondary N) is 1. The topological polar surface area (TPSA) is 111 Å². The molecule has 9 nitrogen and oxygen atoms in total. The Balaban J connectivity index is 1.94. The molecule has 1 heterocycles. The molecule has 2 aromatic carbocycles. The SMILES string of the molecule is CCCOc1c(I)cc(/C=C2\C(=O)NC(=O)N(c3ccc(C(=O)OCC)cc3)C2=O)cc1OC. The van der Waals surface area contributed by atoms with E-state index in [1.807, 2.05) is 6.92 Å². The summed E-state index contributed by atoms with van der Waals surface area (Å²) in [6, 6.07) is 8.26. The van der Waals surface area contributed by atoms with Gasteiger partial charge >= 0.3 is 12.0 Å². The summed E-state index contributed by atoms with van der Waals surface area (Å²) in [6.07, 6.45) is 2.21. The zero-order valence-corrected chi connectivity index (χ0v) is 21.0. The summed E-state index contributed by atoms with van der Waals surface area (Å²) in [5.41, 5.74) is 0.767. The highest BCUT2D eigenvalue weighted by Crippen LogP contribution is 2.35. The maximum atomic E-state index is 13.1. The minimum Gasteiger partial charge on any atom is -0.493 e. The molecular formula is C24H23IN2O7. The van der Waals surface area contributed by atoms with Crippen LogP contribution in [-0.2, 0) is 14.3 Å². The van der Waals surface area contributed by atoms with Crippen molar-refractivity contribution in [2.75, 3.05) is 25.2 Å². The number of imide groups is 2. The molecule has 178 valence electrons. The molecule has 1 aliphatic rings. The lowest BCUT2D eigenvalue weighted by molar-refractivity contribution is -0.122. The summed E-state index contributed by atoms with van der Waals surface area (Å²) in [7, 11) is 1.50. The number of benzene rings is 2. The molecule has 0 saturated carbocycles. The van der Waals surface area contributed by atoms with E-state index in [1.165, 1.54) is 37.5 Å². The first-order chi connectivity index (χ1) is 16.3. The zero-order chi connectivity index (χ0) is 24.8. The molecule has 0 bridgehead atoms. The van der Waals surface area contributed by atoms with Crippen molar-refractivity contribution in [1.29, 1.82) is 0 Å². The van der Waals surface area contributed by atoms with Crippen molar-refractivity contribution in [3.05, 3.63) is 56.7 Å². The van der Waals surface area contributed by atoms with Gasteiger partial charge < -0.3 is 14.2 Å². The Morgan fingerprint density at radius 3 is 2.44 bits per heavy atom. The maximum Gasteiger partial charge on any atom is 0.338 e. The molecule has 0 spiro atoms. The fraction of sp³-hybridized carbons (Fsp3) is 0.250. The summed E-state index contributed by atoms with van der Waals surface area (Å²) < 4.78 is 16.8. The third-order valence-electron chi connectivity index (χ3n) is 4.75. The van der Waals surface area contributed by atoms with Crippen molar-refractivity contribution in [3.63, 3.8) is 0 Å². The van der Waals surface area contributed by atoms with Crippen molar-refractivity contribution in [2.45, 2.75) is 20.3 Å². The summed E-state index contributed by atoms with van der Waals surface area (Å²) in [6.45, 7) is 4.41. The minimum atomic E-state index is -0.883. The second-order valence-electron chi connectivity index (χ2n) is 7.11. The number of anilines is 1. The lowest BCUT2D eigenvalue weighted by atomic mass is 10.1. The highest BCUT2D eigenvalue weighted by Gasteiger charge is 2.37. The van der Waals surface area contributed by atoms with Gasteiger partial charge in [0.05, 0.1) is 35.1 Å². The molecule has 0 radical (unpaired) electrons. The first kappa shape index (κ1) is 25.2. The van der Waals surface area contributed by atoms with Crippen molar-refractivity contribution >= 4 is 58.2 Å². The Morgan fingerprint density at radius 1 is 1.12 bits per heavy atom. The first-order valence-electron chi connectivity index (χ1n) is 10.5. The normalized spacial score (nSPS) is 14.8. The Kier molecular flexibility index (Phi) is 8.26. The number of hydrogen-bond donors (Lipinski definition) is 1. The molecule has 0 unspecified atom stereocenters. The average Bonchev–Trinajstić information content (AvgIpc) is 2.81. The molecule has 0 aliphatic carbocycles. The summed E-state index contributed by atoms with van der Waals surface area (Å²) in [4.78, 5) is 50.8. The van der Waals surface area contributed by atoms with Crippen LogP contribution in [0.15, 0.2) is 42.0 Å². The van der Waals surface area contributed by atoms with Gasteiger partial charge in [-0.05, 0) is 84.0 Å². The lowest BCUT2D eigenvalue weighted by Gasteiger charge is -2.26. The van der Waals surface area contributed by atoms with Gasteiger partial charge in [0.15, 0.2) is 11.5 Å². The molecular weight excluding hydrogens is 555 g/mol. The smallest absolute Gasteiger partial charge is 0.338 e. The van der Waals surface area contributed by atoms with Gasteiger partial charge in [0.25, 0.3) is 11.8 Å². The number of carbonyl (C=O) groups is 4. The molecule has 0 atom stereocenters. The number of ether oxygens (including phenoxy) is 3. The van der Waals surface area contributed by atoms with E-state index in [4.69, 9.17) is 14.2 Å². The van der Waals surface area contributed by atoms with Crippen LogP contribution in [0.2, 0.25) is 0 Å². The largest absolute Gasteiger partial charge is 0.493 e. The van der Waals surface area contributed by atoms with Gasteiger partial charge in [-0.2, -0.15) is 0 Å². The van der Waals surface area contributed by atoms with Crippen molar-refractivity contribution in [3.8, 4) is 11.5 Å². The number of rotatable bonds is 8. The number of esters is 1. The van der Waals surface area contributed by atoms with Crippen molar-refractivity contribution < 1.29 is 33.4 Å². The van der Waals surface area contributed by atoms with Crippen LogP contribution >= 0.6 is 22.6 Å². The molecule has 4 amide bonds. The van der Waals surface area contributed by atoms with E-state index in [0.717, 1.165) is 14.9 Å². The zero-order valence-electron chi connectivity index (χ0n) is 18.8.